The number of hydrogen-bond donors (Lipinski definition) is 0. The van der Waals surface area contributed by atoms with Crippen molar-refractivity contribution in [2.24, 2.45) is 0 Å². The first-order valence-electron chi connectivity index (χ1n) is 6.82. The molecular weight excluding hydrogens is 306 g/mol. The van der Waals surface area contributed by atoms with Crippen molar-refractivity contribution in [3.8, 4) is 0 Å². The van der Waals surface area contributed by atoms with E-state index in [2.05, 4.69) is 0 Å². The van der Waals surface area contributed by atoms with E-state index < -0.39 is 14.9 Å². The van der Waals surface area contributed by atoms with Crippen molar-refractivity contribution < 1.29 is 13.3 Å². The standard InChI is InChI=1S/C14H15N3O4S/c1-11-14-3-2-8-15(14)9-10-16(11)22(20,21)13-6-4-12(5-7-13)17(18)19/h2-8,11H,9-10H2,1H3/t11-/m0/s1. The van der Waals surface area contributed by atoms with Gasteiger partial charge in [0, 0.05) is 37.1 Å². The fourth-order valence-corrected chi connectivity index (χ4v) is 4.36. The van der Waals surface area contributed by atoms with Gasteiger partial charge in [0.15, 0.2) is 0 Å². The summed E-state index contributed by atoms with van der Waals surface area (Å²) in [6, 6.07) is 8.52. The maximum absolute atomic E-state index is 12.8. The first-order chi connectivity index (χ1) is 10.4. The van der Waals surface area contributed by atoms with Gasteiger partial charge in [-0.15, -0.1) is 0 Å². The van der Waals surface area contributed by atoms with Crippen molar-refractivity contribution in [2.45, 2.75) is 24.4 Å². The molecule has 3 rings (SSSR count). The summed E-state index contributed by atoms with van der Waals surface area (Å²) < 4.78 is 29.0. The molecule has 0 unspecified atom stereocenters. The number of aromatic nitrogens is 1. The molecule has 0 N–H and O–H groups in total. The smallest absolute Gasteiger partial charge is 0.269 e. The van der Waals surface area contributed by atoms with Crippen LogP contribution in [0.25, 0.3) is 0 Å². The molecule has 0 bridgehead atoms. The number of hydrogen-bond acceptors (Lipinski definition) is 4. The molecule has 0 amide bonds. The number of nitro groups is 1. The molecule has 0 radical (unpaired) electrons. The summed E-state index contributed by atoms with van der Waals surface area (Å²) in [4.78, 5) is 10.2. The summed E-state index contributed by atoms with van der Waals surface area (Å²) in [7, 11) is -3.68. The second kappa shape index (κ2) is 5.22. The van der Waals surface area contributed by atoms with Crippen LogP contribution in [0.2, 0.25) is 0 Å². The Morgan fingerprint density at radius 3 is 2.50 bits per heavy atom. The highest BCUT2D eigenvalue weighted by molar-refractivity contribution is 7.89. The van der Waals surface area contributed by atoms with E-state index in [-0.39, 0.29) is 16.6 Å². The van der Waals surface area contributed by atoms with Gasteiger partial charge in [0.2, 0.25) is 10.0 Å². The van der Waals surface area contributed by atoms with Crippen LogP contribution in [0.15, 0.2) is 47.5 Å². The third-order valence-corrected chi connectivity index (χ3v) is 5.92. The molecule has 2 heterocycles. The maximum Gasteiger partial charge on any atom is 0.269 e. The second-order valence-corrected chi connectivity index (χ2v) is 7.06. The van der Waals surface area contributed by atoms with Gasteiger partial charge in [-0.2, -0.15) is 4.31 Å². The van der Waals surface area contributed by atoms with Crippen molar-refractivity contribution in [1.82, 2.24) is 8.87 Å². The average Bonchev–Trinajstić information content (AvgIpc) is 2.97. The largest absolute Gasteiger partial charge is 0.349 e. The monoisotopic (exact) mass is 321 g/mol. The number of benzene rings is 1. The molecule has 0 saturated heterocycles. The van der Waals surface area contributed by atoms with Crippen LogP contribution in [0.1, 0.15) is 18.7 Å². The Kier molecular flexibility index (Phi) is 3.50. The van der Waals surface area contributed by atoms with Crippen molar-refractivity contribution in [3.05, 3.63) is 58.4 Å². The molecule has 0 saturated carbocycles. The Morgan fingerprint density at radius 2 is 1.86 bits per heavy atom. The molecule has 1 aromatic carbocycles. The molecular formula is C14H15N3O4S. The molecule has 2 aromatic rings. The van der Waals surface area contributed by atoms with Crippen LogP contribution in [-0.4, -0.2) is 28.8 Å². The summed E-state index contributed by atoms with van der Waals surface area (Å²) >= 11 is 0. The molecule has 8 heteroatoms. The first-order valence-corrected chi connectivity index (χ1v) is 8.26. The minimum absolute atomic E-state index is 0.0740. The van der Waals surface area contributed by atoms with Gasteiger partial charge >= 0.3 is 0 Å². The lowest BCUT2D eigenvalue weighted by Crippen LogP contribution is -2.40. The van der Waals surface area contributed by atoms with E-state index in [1.165, 1.54) is 28.6 Å². The number of rotatable bonds is 3. The molecule has 1 aliphatic heterocycles. The zero-order valence-electron chi connectivity index (χ0n) is 11.9. The fourth-order valence-electron chi connectivity index (χ4n) is 2.76. The van der Waals surface area contributed by atoms with Crippen molar-refractivity contribution in [3.63, 3.8) is 0 Å². The third-order valence-electron chi connectivity index (χ3n) is 3.94. The molecule has 116 valence electrons. The second-order valence-electron chi connectivity index (χ2n) is 5.17. The molecule has 1 atom stereocenters. The molecule has 22 heavy (non-hydrogen) atoms. The lowest BCUT2D eigenvalue weighted by Gasteiger charge is -2.33. The molecule has 7 nitrogen and oxygen atoms in total. The fraction of sp³-hybridized carbons (Fsp3) is 0.286. The van der Waals surface area contributed by atoms with E-state index in [1.54, 1.807) is 0 Å². The number of nitro benzene ring substituents is 1. The lowest BCUT2D eigenvalue weighted by atomic mass is 10.2. The molecule has 0 aliphatic carbocycles. The Morgan fingerprint density at radius 1 is 1.18 bits per heavy atom. The van der Waals surface area contributed by atoms with E-state index in [1.807, 2.05) is 29.8 Å². The van der Waals surface area contributed by atoms with Crippen LogP contribution >= 0.6 is 0 Å². The predicted molar refractivity (Wildman–Crippen MR) is 79.8 cm³/mol. The summed E-state index contributed by atoms with van der Waals surface area (Å²) in [5, 5.41) is 10.7. The van der Waals surface area contributed by atoms with E-state index in [4.69, 9.17) is 0 Å². The van der Waals surface area contributed by atoms with Crippen LogP contribution in [0.3, 0.4) is 0 Å². The van der Waals surface area contributed by atoms with Crippen molar-refractivity contribution >= 4 is 15.7 Å². The minimum atomic E-state index is -3.68. The van der Waals surface area contributed by atoms with E-state index in [0.717, 1.165) is 5.69 Å². The van der Waals surface area contributed by atoms with Crippen molar-refractivity contribution in [1.29, 1.82) is 0 Å². The Balaban J connectivity index is 1.95. The maximum atomic E-state index is 12.8. The summed E-state index contributed by atoms with van der Waals surface area (Å²) in [6.07, 6.45) is 1.93. The molecule has 1 aliphatic rings. The van der Waals surface area contributed by atoms with Gasteiger partial charge < -0.3 is 4.57 Å². The van der Waals surface area contributed by atoms with Gasteiger partial charge in [0.1, 0.15) is 0 Å². The number of sulfonamides is 1. The highest BCUT2D eigenvalue weighted by atomic mass is 32.2. The van der Waals surface area contributed by atoms with E-state index in [0.29, 0.717) is 13.1 Å². The molecule has 1 aromatic heterocycles. The predicted octanol–water partition coefficient (Wildman–Crippen LogP) is 2.16. The van der Waals surface area contributed by atoms with Crippen LogP contribution in [0.4, 0.5) is 5.69 Å². The van der Waals surface area contributed by atoms with Crippen LogP contribution in [0, 0.1) is 10.1 Å². The number of fused-ring (bicyclic) bond motifs is 1. The van der Waals surface area contributed by atoms with Crippen molar-refractivity contribution in [2.75, 3.05) is 6.54 Å². The zero-order valence-corrected chi connectivity index (χ0v) is 12.7. The minimum Gasteiger partial charge on any atom is -0.349 e. The number of nitrogens with zero attached hydrogens (tertiary/aromatic N) is 3. The topological polar surface area (TPSA) is 85.5 Å². The normalized spacial score (nSPS) is 18.9. The van der Waals surface area contributed by atoms with Gasteiger partial charge in [-0.05, 0) is 31.2 Å². The number of non-ortho nitro benzene ring substituents is 1. The summed E-state index contributed by atoms with van der Waals surface area (Å²) in [6.45, 7) is 2.81. The quantitative estimate of drug-likeness (QED) is 0.640. The zero-order chi connectivity index (χ0) is 15.9. The van der Waals surface area contributed by atoms with Crippen LogP contribution < -0.4 is 0 Å². The molecule has 0 spiro atoms. The van der Waals surface area contributed by atoms with Gasteiger partial charge in [0.25, 0.3) is 5.69 Å². The molecule has 0 fully saturated rings. The highest BCUT2D eigenvalue weighted by Gasteiger charge is 2.33. The Hall–Kier alpha value is -2.19. The first kappa shape index (κ1) is 14.7. The Bertz CT molecular complexity index is 811. The lowest BCUT2D eigenvalue weighted by molar-refractivity contribution is -0.384. The van der Waals surface area contributed by atoms with Gasteiger partial charge in [0.05, 0.1) is 15.9 Å². The van der Waals surface area contributed by atoms with Gasteiger partial charge in [-0.25, -0.2) is 8.42 Å². The Labute approximate surface area is 128 Å². The third kappa shape index (κ3) is 2.30. The highest BCUT2D eigenvalue weighted by Crippen LogP contribution is 2.31. The average molecular weight is 321 g/mol. The van der Waals surface area contributed by atoms with E-state index in [9.17, 15) is 18.5 Å². The summed E-state index contributed by atoms with van der Waals surface area (Å²) in [5.74, 6) is 0. The van der Waals surface area contributed by atoms with Crippen LogP contribution in [0.5, 0.6) is 0 Å². The van der Waals surface area contributed by atoms with E-state index >= 15 is 0 Å². The van der Waals surface area contributed by atoms with Gasteiger partial charge in [-0.3, -0.25) is 10.1 Å². The SMILES string of the molecule is C[C@H]1c2cccn2CCN1S(=O)(=O)c1ccc([N+](=O)[O-])cc1. The van der Waals surface area contributed by atoms with Crippen LogP contribution in [-0.2, 0) is 16.6 Å². The van der Waals surface area contributed by atoms with Gasteiger partial charge in [-0.1, -0.05) is 0 Å². The summed E-state index contributed by atoms with van der Waals surface area (Å²) in [5.41, 5.74) is 0.816.